The monoisotopic (exact) mass is 191 g/mol. The van der Waals surface area contributed by atoms with Crippen LogP contribution in [0, 0.1) is 12.3 Å². The average Bonchev–Trinajstić information content (AvgIpc) is 2.67. The molecular weight excluding hydrogens is 174 g/mol. The third-order valence-corrected chi connectivity index (χ3v) is 2.40. The Bertz CT molecular complexity index is 308. The van der Waals surface area contributed by atoms with Crippen molar-refractivity contribution in [3.63, 3.8) is 0 Å². The lowest BCUT2D eigenvalue weighted by molar-refractivity contribution is 0.489. The smallest absolute Gasteiger partial charge is 0.108 e. The maximum Gasteiger partial charge on any atom is 0.108 e. The third kappa shape index (κ3) is 2.40. The van der Waals surface area contributed by atoms with E-state index in [-0.39, 0.29) is 0 Å². The largest absolute Gasteiger partial charge is 0.469 e. The summed E-state index contributed by atoms with van der Waals surface area (Å²) in [4.78, 5) is 0. The van der Waals surface area contributed by atoms with Gasteiger partial charge in [-0.05, 0) is 19.5 Å². The predicted molar refractivity (Wildman–Crippen MR) is 58.0 cm³/mol. The summed E-state index contributed by atoms with van der Waals surface area (Å²) in [6, 6.07) is 2.34. The Morgan fingerprint density at radius 1 is 1.64 bits per heavy atom. The quantitative estimate of drug-likeness (QED) is 0.723. The molecule has 1 heterocycles. The van der Waals surface area contributed by atoms with E-state index < -0.39 is 0 Å². The maximum atomic E-state index is 5.38. The number of aryl methyl sites for hydroxylation is 1. The molecular formula is C12H17NO. The first kappa shape index (κ1) is 10.9. The molecule has 2 heteroatoms. The van der Waals surface area contributed by atoms with Gasteiger partial charge >= 0.3 is 0 Å². The summed E-state index contributed by atoms with van der Waals surface area (Å²) in [5, 5.41) is 3.26. The fourth-order valence-corrected chi connectivity index (χ4v) is 1.63. The van der Waals surface area contributed by atoms with Gasteiger partial charge < -0.3 is 9.73 Å². The average molecular weight is 191 g/mol. The van der Waals surface area contributed by atoms with E-state index in [2.05, 4.69) is 18.2 Å². The summed E-state index contributed by atoms with van der Waals surface area (Å²) in [6.07, 6.45) is 9.68. The lowest BCUT2D eigenvalue weighted by atomic mass is 10.0. The van der Waals surface area contributed by atoms with E-state index in [4.69, 9.17) is 10.8 Å². The molecule has 14 heavy (non-hydrogen) atoms. The Labute approximate surface area is 85.7 Å². The van der Waals surface area contributed by atoms with Crippen LogP contribution in [0.1, 0.15) is 37.1 Å². The number of nitrogens with one attached hydrogen (secondary N) is 1. The molecule has 0 aliphatic heterocycles. The van der Waals surface area contributed by atoms with Crippen LogP contribution in [0.4, 0.5) is 0 Å². The van der Waals surface area contributed by atoms with E-state index in [0.29, 0.717) is 6.04 Å². The van der Waals surface area contributed by atoms with Crippen molar-refractivity contribution < 1.29 is 4.42 Å². The van der Waals surface area contributed by atoms with Gasteiger partial charge in [-0.2, -0.15) is 0 Å². The summed E-state index contributed by atoms with van der Waals surface area (Å²) in [5.41, 5.74) is 1.24. The topological polar surface area (TPSA) is 25.2 Å². The van der Waals surface area contributed by atoms with E-state index in [1.54, 1.807) is 6.26 Å². The predicted octanol–water partition coefficient (Wildman–Crippen LogP) is 2.52. The zero-order chi connectivity index (χ0) is 10.4. The van der Waals surface area contributed by atoms with Gasteiger partial charge in [-0.15, -0.1) is 12.3 Å². The molecule has 0 radical (unpaired) electrons. The Hall–Kier alpha value is -1.20. The number of hydrogen-bond acceptors (Lipinski definition) is 2. The fraction of sp³-hybridized carbons (Fsp3) is 0.500. The standard InChI is InChI=1S/C12H17NO/c1-4-6-7-11(13-3)10-8-9-14-12(10)5-2/h1,8-9,11,13H,5-7H2,2-3H3. The van der Waals surface area contributed by atoms with Gasteiger partial charge in [0.15, 0.2) is 0 Å². The van der Waals surface area contributed by atoms with Crippen LogP contribution in [0.2, 0.25) is 0 Å². The van der Waals surface area contributed by atoms with Crippen LogP contribution in [-0.4, -0.2) is 7.05 Å². The van der Waals surface area contributed by atoms with Gasteiger partial charge in [0.25, 0.3) is 0 Å². The van der Waals surface area contributed by atoms with Gasteiger partial charge in [0, 0.05) is 24.4 Å². The molecule has 2 nitrogen and oxygen atoms in total. The first-order chi connectivity index (χ1) is 6.83. The molecule has 1 aromatic heterocycles. The van der Waals surface area contributed by atoms with E-state index in [1.807, 2.05) is 13.1 Å². The van der Waals surface area contributed by atoms with Crippen molar-refractivity contribution >= 4 is 0 Å². The molecule has 0 spiro atoms. The summed E-state index contributed by atoms with van der Waals surface area (Å²) in [5.74, 6) is 3.72. The van der Waals surface area contributed by atoms with Gasteiger partial charge in [0.05, 0.1) is 6.26 Å². The number of terminal acetylenes is 1. The van der Waals surface area contributed by atoms with Gasteiger partial charge in [-0.25, -0.2) is 0 Å². The second-order valence-corrected chi connectivity index (χ2v) is 3.24. The van der Waals surface area contributed by atoms with Crippen molar-refractivity contribution in [3.05, 3.63) is 23.7 Å². The molecule has 1 unspecified atom stereocenters. The van der Waals surface area contributed by atoms with E-state index in [9.17, 15) is 0 Å². The van der Waals surface area contributed by atoms with Gasteiger partial charge in [-0.1, -0.05) is 6.92 Å². The Morgan fingerprint density at radius 3 is 3.00 bits per heavy atom. The normalized spacial score (nSPS) is 12.4. The molecule has 0 aliphatic carbocycles. The second kappa shape index (κ2) is 5.51. The number of hydrogen-bond donors (Lipinski definition) is 1. The molecule has 0 saturated heterocycles. The highest BCUT2D eigenvalue weighted by molar-refractivity contribution is 5.21. The lowest BCUT2D eigenvalue weighted by Gasteiger charge is -2.14. The van der Waals surface area contributed by atoms with Crippen LogP contribution >= 0.6 is 0 Å². The van der Waals surface area contributed by atoms with Crippen LogP contribution in [0.3, 0.4) is 0 Å². The van der Waals surface area contributed by atoms with Gasteiger partial charge in [0.1, 0.15) is 5.76 Å². The van der Waals surface area contributed by atoms with E-state index >= 15 is 0 Å². The summed E-state index contributed by atoms with van der Waals surface area (Å²) in [7, 11) is 1.95. The van der Waals surface area contributed by atoms with Crippen LogP contribution in [-0.2, 0) is 6.42 Å². The minimum Gasteiger partial charge on any atom is -0.469 e. The fourth-order valence-electron chi connectivity index (χ4n) is 1.63. The molecule has 0 fully saturated rings. The zero-order valence-corrected chi connectivity index (χ0v) is 8.84. The molecule has 0 amide bonds. The Kier molecular flexibility index (Phi) is 4.28. The van der Waals surface area contributed by atoms with Crippen molar-refractivity contribution in [2.75, 3.05) is 7.05 Å². The van der Waals surface area contributed by atoms with Crippen molar-refractivity contribution in [1.29, 1.82) is 0 Å². The van der Waals surface area contributed by atoms with Crippen LogP contribution < -0.4 is 5.32 Å². The highest BCUT2D eigenvalue weighted by atomic mass is 16.3. The highest BCUT2D eigenvalue weighted by Gasteiger charge is 2.14. The SMILES string of the molecule is C#CCCC(NC)c1ccoc1CC. The lowest BCUT2D eigenvalue weighted by Crippen LogP contribution is -2.16. The molecule has 0 bridgehead atoms. The van der Waals surface area contributed by atoms with Crippen molar-refractivity contribution in [2.45, 2.75) is 32.2 Å². The van der Waals surface area contributed by atoms with Crippen LogP contribution in [0.15, 0.2) is 16.7 Å². The third-order valence-electron chi connectivity index (χ3n) is 2.40. The zero-order valence-electron chi connectivity index (χ0n) is 8.84. The molecule has 1 atom stereocenters. The highest BCUT2D eigenvalue weighted by Crippen LogP contribution is 2.23. The van der Waals surface area contributed by atoms with Crippen LogP contribution in [0.25, 0.3) is 0 Å². The molecule has 0 aliphatic rings. The second-order valence-electron chi connectivity index (χ2n) is 3.24. The van der Waals surface area contributed by atoms with Crippen molar-refractivity contribution in [2.24, 2.45) is 0 Å². The molecule has 1 N–H and O–H groups in total. The number of rotatable bonds is 5. The Balaban J connectivity index is 2.73. The molecule has 0 aromatic carbocycles. The first-order valence-electron chi connectivity index (χ1n) is 5.00. The minimum absolute atomic E-state index is 0.319. The number of furan rings is 1. The molecule has 0 saturated carbocycles. The van der Waals surface area contributed by atoms with Gasteiger partial charge in [-0.3, -0.25) is 0 Å². The molecule has 1 rings (SSSR count). The van der Waals surface area contributed by atoms with Crippen molar-refractivity contribution in [1.82, 2.24) is 5.32 Å². The molecule has 76 valence electrons. The first-order valence-corrected chi connectivity index (χ1v) is 5.00. The Morgan fingerprint density at radius 2 is 2.43 bits per heavy atom. The summed E-state index contributed by atoms with van der Waals surface area (Å²) < 4.78 is 5.38. The summed E-state index contributed by atoms with van der Waals surface area (Å²) in [6.45, 7) is 2.09. The van der Waals surface area contributed by atoms with E-state index in [1.165, 1.54) is 5.56 Å². The summed E-state index contributed by atoms with van der Waals surface area (Å²) >= 11 is 0. The minimum atomic E-state index is 0.319. The van der Waals surface area contributed by atoms with Crippen LogP contribution in [0.5, 0.6) is 0 Å². The van der Waals surface area contributed by atoms with Crippen molar-refractivity contribution in [3.8, 4) is 12.3 Å². The van der Waals surface area contributed by atoms with Gasteiger partial charge in [0.2, 0.25) is 0 Å². The van der Waals surface area contributed by atoms with E-state index in [0.717, 1.165) is 25.0 Å². The molecule has 1 aromatic rings. The maximum absolute atomic E-state index is 5.38.